The number of nitrogen functional groups attached to an aromatic ring is 1. The zero-order valence-corrected chi connectivity index (χ0v) is 13.8. The first-order chi connectivity index (χ1) is 10.3. The van der Waals surface area contributed by atoms with Crippen LogP contribution in [0.4, 0.5) is 15.6 Å². The predicted molar refractivity (Wildman–Crippen MR) is 88.4 cm³/mol. The second-order valence-corrected chi connectivity index (χ2v) is 6.50. The van der Waals surface area contributed by atoms with E-state index in [1.807, 2.05) is 11.4 Å². The van der Waals surface area contributed by atoms with Crippen molar-refractivity contribution < 1.29 is 14.3 Å². The van der Waals surface area contributed by atoms with Crippen LogP contribution in [0.3, 0.4) is 0 Å². The Labute approximate surface area is 133 Å². The summed E-state index contributed by atoms with van der Waals surface area (Å²) < 4.78 is 10.5. The van der Waals surface area contributed by atoms with Crippen LogP contribution in [0.1, 0.15) is 20.8 Å². The number of nitrogens with one attached hydrogen (secondary N) is 1. The molecule has 0 aliphatic rings. The number of amides is 1. The highest BCUT2D eigenvalue weighted by Crippen LogP contribution is 2.33. The van der Waals surface area contributed by atoms with Gasteiger partial charge in [0.2, 0.25) is 0 Å². The van der Waals surface area contributed by atoms with E-state index in [0.29, 0.717) is 22.3 Å². The van der Waals surface area contributed by atoms with Crippen molar-refractivity contribution in [2.45, 2.75) is 26.4 Å². The van der Waals surface area contributed by atoms with Gasteiger partial charge in [-0.1, -0.05) is 0 Å². The van der Waals surface area contributed by atoms with Gasteiger partial charge in [-0.2, -0.15) is 0 Å². The fourth-order valence-electron chi connectivity index (χ4n) is 1.80. The molecule has 118 valence electrons. The molecule has 0 radical (unpaired) electrons. The first-order valence-electron chi connectivity index (χ1n) is 6.68. The van der Waals surface area contributed by atoms with Gasteiger partial charge in [-0.15, -0.1) is 11.3 Å². The van der Waals surface area contributed by atoms with Gasteiger partial charge in [0.15, 0.2) is 5.13 Å². The molecule has 7 heteroatoms. The Balaban J connectivity index is 2.33. The highest BCUT2D eigenvalue weighted by Gasteiger charge is 2.18. The molecule has 0 saturated heterocycles. The molecule has 2 rings (SSSR count). The van der Waals surface area contributed by atoms with Gasteiger partial charge in [-0.25, -0.2) is 9.78 Å². The zero-order valence-electron chi connectivity index (χ0n) is 13.0. The molecule has 0 fully saturated rings. The minimum Gasteiger partial charge on any atom is -0.497 e. The van der Waals surface area contributed by atoms with E-state index in [-0.39, 0.29) is 0 Å². The normalized spacial score (nSPS) is 11.1. The van der Waals surface area contributed by atoms with E-state index in [1.54, 1.807) is 40.0 Å². The molecule has 0 bridgehead atoms. The molecule has 3 N–H and O–H groups in total. The number of nitrogens with zero attached hydrogens (tertiary/aromatic N) is 1. The van der Waals surface area contributed by atoms with Crippen molar-refractivity contribution in [1.82, 2.24) is 4.98 Å². The quantitative estimate of drug-likeness (QED) is 0.899. The molecule has 6 nitrogen and oxygen atoms in total. The lowest BCUT2D eigenvalue weighted by molar-refractivity contribution is 0.0636. The summed E-state index contributed by atoms with van der Waals surface area (Å²) in [5.74, 6) is 0.623. The molecule has 0 atom stereocenters. The number of benzene rings is 1. The van der Waals surface area contributed by atoms with Crippen molar-refractivity contribution in [1.29, 1.82) is 0 Å². The fourth-order valence-corrected chi connectivity index (χ4v) is 2.37. The van der Waals surface area contributed by atoms with Crippen LogP contribution in [0, 0.1) is 0 Å². The van der Waals surface area contributed by atoms with Gasteiger partial charge < -0.3 is 15.2 Å². The Hall–Kier alpha value is -2.28. The number of hydrogen-bond acceptors (Lipinski definition) is 6. The molecule has 0 aliphatic heterocycles. The van der Waals surface area contributed by atoms with Crippen LogP contribution in [0.25, 0.3) is 11.3 Å². The number of carbonyl (C=O) groups excluding carboxylic acids is 1. The standard InChI is InChI=1S/C15H19N3O3S/c1-15(2,3)21-14(19)18-11-7-9(20-4)5-6-10(11)12-8-22-13(16)17-12/h5-8H,1-4H3,(H2,16,17)(H,18,19). The summed E-state index contributed by atoms with van der Waals surface area (Å²) in [5, 5.41) is 5.03. The van der Waals surface area contributed by atoms with Crippen molar-refractivity contribution in [2.75, 3.05) is 18.2 Å². The van der Waals surface area contributed by atoms with E-state index in [1.165, 1.54) is 11.3 Å². The van der Waals surface area contributed by atoms with Crippen molar-refractivity contribution >= 4 is 28.2 Å². The van der Waals surface area contributed by atoms with Gasteiger partial charge in [-0.05, 0) is 32.9 Å². The van der Waals surface area contributed by atoms with Crippen molar-refractivity contribution in [3.63, 3.8) is 0 Å². The highest BCUT2D eigenvalue weighted by molar-refractivity contribution is 7.13. The lowest BCUT2D eigenvalue weighted by Gasteiger charge is -2.20. The molecule has 2 aromatic rings. The minimum atomic E-state index is -0.575. The third-order valence-corrected chi connectivity index (χ3v) is 3.33. The molecular formula is C15H19N3O3S. The maximum absolute atomic E-state index is 12.0. The Morgan fingerprint density at radius 2 is 2.09 bits per heavy atom. The van der Waals surface area contributed by atoms with Crippen LogP contribution in [0.15, 0.2) is 23.6 Å². The third kappa shape index (κ3) is 4.11. The maximum Gasteiger partial charge on any atom is 0.412 e. The van der Waals surface area contributed by atoms with Gasteiger partial charge >= 0.3 is 6.09 Å². The van der Waals surface area contributed by atoms with Crippen molar-refractivity contribution in [3.05, 3.63) is 23.6 Å². The lowest BCUT2D eigenvalue weighted by Crippen LogP contribution is -2.27. The number of anilines is 2. The molecule has 1 heterocycles. The van der Waals surface area contributed by atoms with Crippen molar-refractivity contribution in [3.8, 4) is 17.0 Å². The predicted octanol–water partition coefficient (Wildman–Crippen LogP) is 3.75. The smallest absolute Gasteiger partial charge is 0.412 e. The number of thiazole rings is 1. The second-order valence-electron chi connectivity index (χ2n) is 5.61. The number of rotatable bonds is 3. The maximum atomic E-state index is 12.0. The van der Waals surface area contributed by atoms with Crippen LogP contribution in [-0.4, -0.2) is 23.8 Å². The van der Waals surface area contributed by atoms with E-state index in [9.17, 15) is 4.79 Å². The summed E-state index contributed by atoms with van der Waals surface area (Å²) in [4.78, 5) is 16.2. The molecular weight excluding hydrogens is 302 g/mol. The molecule has 0 spiro atoms. The summed E-state index contributed by atoms with van der Waals surface area (Å²) in [7, 11) is 1.56. The molecule has 0 saturated carbocycles. The Kier molecular flexibility index (Phi) is 4.56. The number of hydrogen-bond donors (Lipinski definition) is 2. The fraction of sp³-hybridized carbons (Fsp3) is 0.333. The minimum absolute atomic E-state index is 0.467. The van der Waals surface area contributed by atoms with Gasteiger partial charge in [0.1, 0.15) is 11.4 Å². The summed E-state index contributed by atoms with van der Waals surface area (Å²) in [6.45, 7) is 5.42. The van der Waals surface area contributed by atoms with Crippen LogP contribution >= 0.6 is 11.3 Å². The second kappa shape index (κ2) is 6.23. The molecule has 1 aromatic heterocycles. The Bertz CT molecular complexity index is 677. The summed E-state index contributed by atoms with van der Waals surface area (Å²) >= 11 is 1.34. The van der Waals surface area contributed by atoms with Crippen LogP contribution in [-0.2, 0) is 4.74 Å². The average molecular weight is 321 g/mol. The van der Waals surface area contributed by atoms with Gasteiger partial charge in [0.05, 0.1) is 18.5 Å². The van der Waals surface area contributed by atoms with E-state index in [4.69, 9.17) is 15.2 Å². The van der Waals surface area contributed by atoms with Gasteiger partial charge in [-0.3, -0.25) is 5.32 Å². The van der Waals surface area contributed by atoms with Crippen LogP contribution < -0.4 is 15.8 Å². The van der Waals surface area contributed by atoms with Gasteiger partial charge in [0, 0.05) is 17.0 Å². The number of aromatic nitrogens is 1. The molecule has 1 amide bonds. The first-order valence-corrected chi connectivity index (χ1v) is 7.56. The third-order valence-electron chi connectivity index (χ3n) is 2.66. The van der Waals surface area contributed by atoms with Crippen LogP contribution in [0.5, 0.6) is 5.75 Å². The SMILES string of the molecule is COc1ccc(-c2csc(N)n2)c(NC(=O)OC(C)(C)C)c1. The molecule has 0 aliphatic carbocycles. The number of ether oxygens (including phenoxy) is 2. The Morgan fingerprint density at radius 3 is 2.64 bits per heavy atom. The topological polar surface area (TPSA) is 86.5 Å². The van der Waals surface area contributed by atoms with E-state index in [0.717, 1.165) is 5.56 Å². The average Bonchev–Trinajstić information content (AvgIpc) is 2.82. The monoisotopic (exact) mass is 321 g/mol. The van der Waals surface area contributed by atoms with E-state index >= 15 is 0 Å². The van der Waals surface area contributed by atoms with E-state index < -0.39 is 11.7 Å². The lowest BCUT2D eigenvalue weighted by atomic mass is 10.1. The number of carbonyl (C=O) groups is 1. The first kappa shape index (κ1) is 16.1. The molecule has 0 unspecified atom stereocenters. The molecule has 1 aromatic carbocycles. The van der Waals surface area contributed by atoms with Crippen molar-refractivity contribution in [2.24, 2.45) is 0 Å². The number of nitrogens with two attached hydrogens (primary N) is 1. The summed E-state index contributed by atoms with van der Waals surface area (Å²) in [6, 6.07) is 5.33. The largest absolute Gasteiger partial charge is 0.497 e. The van der Waals surface area contributed by atoms with E-state index in [2.05, 4.69) is 10.3 Å². The zero-order chi connectivity index (χ0) is 16.3. The summed E-state index contributed by atoms with van der Waals surface area (Å²) in [6.07, 6.45) is -0.537. The summed E-state index contributed by atoms with van der Waals surface area (Å²) in [5.41, 5.74) is 7.10. The molecule has 22 heavy (non-hydrogen) atoms. The highest BCUT2D eigenvalue weighted by atomic mass is 32.1. The van der Waals surface area contributed by atoms with Gasteiger partial charge in [0.25, 0.3) is 0 Å². The van der Waals surface area contributed by atoms with Crippen LogP contribution in [0.2, 0.25) is 0 Å². The Morgan fingerprint density at radius 1 is 1.36 bits per heavy atom. The number of methoxy groups -OCH3 is 1.